The first-order chi connectivity index (χ1) is 10.5. The highest BCUT2D eigenvalue weighted by molar-refractivity contribution is 6.36. The zero-order valence-electron chi connectivity index (χ0n) is 11.7. The maximum absolute atomic E-state index is 12.3. The fraction of sp³-hybridized carbons (Fsp3) is 0.0588. The number of rotatable bonds is 2. The van der Waals surface area contributed by atoms with Crippen molar-refractivity contribution in [2.24, 2.45) is 0 Å². The third-order valence-electron chi connectivity index (χ3n) is 3.25. The van der Waals surface area contributed by atoms with Crippen LogP contribution in [0.25, 0.3) is 10.9 Å². The van der Waals surface area contributed by atoms with Crippen LogP contribution in [-0.2, 0) is 0 Å². The number of halogens is 2. The van der Waals surface area contributed by atoms with Gasteiger partial charge in [0, 0.05) is 18.0 Å². The summed E-state index contributed by atoms with van der Waals surface area (Å²) < 4.78 is 5.49. The zero-order valence-corrected chi connectivity index (χ0v) is 13.2. The molecular weight excluding hydrogens is 321 g/mol. The Morgan fingerprint density at radius 2 is 1.91 bits per heavy atom. The largest absolute Gasteiger partial charge is 0.416 e. The molecule has 0 aliphatic rings. The summed E-state index contributed by atoms with van der Waals surface area (Å²) in [5.74, 6) is -0.0683. The smallest absolute Gasteiger partial charge is 0.345 e. The number of carbonyl (C=O) groups is 1. The summed E-state index contributed by atoms with van der Waals surface area (Å²) in [6.07, 6.45) is 0. The highest BCUT2D eigenvalue weighted by atomic mass is 35.5. The lowest BCUT2D eigenvalue weighted by molar-refractivity contribution is -0.355. The molecular formula is C17H12Cl2NO2+. The zero-order chi connectivity index (χ0) is 15.7. The van der Waals surface area contributed by atoms with Crippen LogP contribution in [0.1, 0.15) is 16.1 Å². The Balaban J connectivity index is 1.99. The van der Waals surface area contributed by atoms with Crippen molar-refractivity contribution in [1.82, 2.24) is 0 Å². The molecule has 22 heavy (non-hydrogen) atoms. The number of pyridine rings is 1. The van der Waals surface area contributed by atoms with Crippen LogP contribution < -0.4 is 9.72 Å². The summed E-state index contributed by atoms with van der Waals surface area (Å²) in [6.45, 7) is 1.94. The number of aromatic amines is 1. The van der Waals surface area contributed by atoms with E-state index in [4.69, 9.17) is 27.9 Å². The maximum Gasteiger partial charge on any atom is 0.345 e. The van der Waals surface area contributed by atoms with E-state index in [1.54, 1.807) is 18.2 Å². The molecule has 0 aliphatic heterocycles. The van der Waals surface area contributed by atoms with Crippen molar-refractivity contribution < 1.29 is 14.5 Å². The number of benzene rings is 2. The molecule has 0 fully saturated rings. The van der Waals surface area contributed by atoms with Crippen molar-refractivity contribution in [1.29, 1.82) is 0 Å². The third-order valence-corrected chi connectivity index (χ3v) is 3.80. The van der Waals surface area contributed by atoms with Gasteiger partial charge in [-0.1, -0.05) is 29.3 Å². The average Bonchev–Trinajstić information content (AvgIpc) is 2.47. The van der Waals surface area contributed by atoms with Crippen molar-refractivity contribution in [3.63, 3.8) is 0 Å². The number of hydrogen-bond acceptors (Lipinski definition) is 2. The number of aryl methyl sites for hydroxylation is 1. The van der Waals surface area contributed by atoms with E-state index < -0.39 is 5.97 Å². The second-order valence-corrected chi connectivity index (χ2v) is 5.72. The van der Waals surface area contributed by atoms with Gasteiger partial charge in [0.05, 0.1) is 16.0 Å². The molecule has 0 atom stereocenters. The van der Waals surface area contributed by atoms with Gasteiger partial charge in [-0.2, -0.15) is 0 Å². The van der Waals surface area contributed by atoms with Crippen molar-refractivity contribution in [3.05, 3.63) is 69.8 Å². The van der Waals surface area contributed by atoms with Crippen LogP contribution in [0.2, 0.25) is 10.0 Å². The summed E-state index contributed by atoms with van der Waals surface area (Å²) in [5.41, 5.74) is 2.01. The molecule has 0 radical (unpaired) electrons. The molecule has 3 nitrogen and oxygen atoms in total. The Morgan fingerprint density at radius 3 is 2.68 bits per heavy atom. The summed E-state index contributed by atoms with van der Waals surface area (Å²) in [4.78, 5) is 15.5. The molecule has 3 aromatic rings. The second-order valence-electron chi connectivity index (χ2n) is 4.88. The number of aromatic nitrogens is 1. The van der Waals surface area contributed by atoms with Crippen LogP contribution in [0.3, 0.4) is 0 Å². The maximum atomic E-state index is 12.3. The average molecular weight is 333 g/mol. The number of ether oxygens (including phenoxy) is 1. The lowest BCUT2D eigenvalue weighted by atomic mass is 10.2. The molecule has 2 aromatic carbocycles. The first kappa shape index (κ1) is 14.8. The SMILES string of the molecule is Cc1ccc2cccc(OC(=O)c3ccc(Cl)cc3Cl)c2[nH+]1. The van der Waals surface area contributed by atoms with Gasteiger partial charge < -0.3 is 4.74 Å². The predicted octanol–water partition coefficient (Wildman–Crippen LogP) is 4.49. The highest BCUT2D eigenvalue weighted by Crippen LogP contribution is 2.25. The van der Waals surface area contributed by atoms with E-state index in [1.165, 1.54) is 6.07 Å². The van der Waals surface area contributed by atoms with Gasteiger partial charge in [-0.05, 0) is 36.4 Å². The quantitative estimate of drug-likeness (QED) is 0.512. The van der Waals surface area contributed by atoms with Crippen molar-refractivity contribution >= 4 is 40.1 Å². The van der Waals surface area contributed by atoms with Gasteiger partial charge in [0.25, 0.3) is 5.52 Å². The minimum Gasteiger partial charge on any atom is -0.416 e. The Bertz CT molecular complexity index is 878. The van der Waals surface area contributed by atoms with E-state index in [2.05, 4.69) is 4.98 Å². The molecule has 0 aliphatic carbocycles. The van der Waals surface area contributed by atoms with Crippen LogP contribution in [0, 0.1) is 6.92 Å². The van der Waals surface area contributed by atoms with E-state index in [0.717, 1.165) is 16.6 Å². The number of para-hydroxylation sites is 1. The third kappa shape index (κ3) is 2.91. The molecule has 0 unspecified atom stereocenters. The monoisotopic (exact) mass is 332 g/mol. The lowest BCUT2D eigenvalue weighted by Gasteiger charge is -2.06. The van der Waals surface area contributed by atoms with E-state index in [0.29, 0.717) is 10.8 Å². The van der Waals surface area contributed by atoms with Crippen LogP contribution in [0.4, 0.5) is 0 Å². The minimum absolute atomic E-state index is 0.262. The molecule has 0 spiro atoms. The molecule has 1 heterocycles. The highest BCUT2D eigenvalue weighted by Gasteiger charge is 2.17. The topological polar surface area (TPSA) is 40.4 Å². The summed E-state index contributed by atoms with van der Waals surface area (Å²) in [5, 5.41) is 1.69. The number of nitrogens with one attached hydrogen (secondary N) is 1. The Morgan fingerprint density at radius 1 is 1.09 bits per heavy atom. The standard InChI is InChI=1S/C17H11Cl2NO2/c1-10-5-6-11-3-2-4-15(16(11)20-10)22-17(21)13-8-7-12(18)9-14(13)19/h2-9H,1H3/p+1. The van der Waals surface area contributed by atoms with Crippen molar-refractivity contribution in [2.75, 3.05) is 0 Å². The fourth-order valence-corrected chi connectivity index (χ4v) is 2.65. The summed E-state index contributed by atoms with van der Waals surface area (Å²) >= 11 is 11.9. The van der Waals surface area contributed by atoms with Crippen molar-refractivity contribution in [3.8, 4) is 5.75 Å². The van der Waals surface area contributed by atoms with Gasteiger partial charge in [0.1, 0.15) is 0 Å². The first-order valence-electron chi connectivity index (χ1n) is 6.63. The molecule has 0 saturated heterocycles. The first-order valence-corrected chi connectivity index (χ1v) is 7.39. The van der Waals surface area contributed by atoms with Crippen LogP contribution >= 0.6 is 23.2 Å². The van der Waals surface area contributed by atoms with Crippen LogP contribution in [-0.4, -0.2) is 5.97 Å². The molecule has 1 N–H and O–H groups in total. The number of fused-ring (bicyclic) bond motifs is 1. The number of carbonyl (C=O) groups excluding carboxylic acids is 1. The fourth-order valence-electron chi connectivity index (χ4n) is 2.17. The number of H-pyrrole nitrogens is 1. The Kier molecular flexibility index (Phi) is 4.01. The van der Waals surface area contributed by atoms with Gasteiger partial charge in [-0.3, -0.25) is 0 Å². The van der Waals surface area contributed by atoms with Gasteiger partial charge in [0.2, 0.25) is 5.75 Å². The predicted molar refractivity (Wildman–Crippen MR) is 86.7 cm³/mol. The van der Waals surface area contributed by atoms with Crippen LogP contribution in [0.5, 0.6) is 5.75 Å². The van der Waals surface area contributed by atoms with E-state index in [-0.39, 0.29) is 10.6 Å². The second kappa shape index (κ2) is 5.95. The number of hydrogen-bond donors (Lipinski definition) is 0. The summed E-state index contributed by atoms with van der Waals surface area (Å²) in [6, 6.07) is 14.1. The molecule has 5 heteroatoms. The molecule has 0 amide bonds. The van der Waals surface area contributed by atoms with Crippen molar-refractivity contribution in [2.45, 2.75) is 6.92 Å². The normalized spacial score (nSPS) is 10.7. The van der Waals surface area contributed by atoms with E-state index in [1.807, 2.05) is 31.2 Å². The molecule has 0 bridgehead atoms. The van der Waals surface area contributed by atoms with Gasteiger partial charge in [-0.25, -0.2) is 9.78 Å². The minimum atomic E-state index is -0.524. The Hall–Kier alpha value is -2.10. The lowest BCUT2D eigenvalue weighted by Crippen LogP contribution is -2.14. The summed E-state index contributed by atoms with van der Waals surface area (Å²) in [7, 11) is 0. The van der Waals surface area contributed by atoms with Gasteiger partial charge in [0.15, 0.2) is 5.69 Å². The van der Waals surface area contributed by atoms with E-state index in [9.17, 15) is 4.79 Å². The molecule has 110 valence electrons. The van der Waals surface area contributed by atoms with E-state index >= 15 is 0 Å². The molecule has 1 aromatic heterocycles. The molecule has 0 saturated carbocycles. The van der Waals surface area contributed by atoms with Crippen LogP contribution in [0.15, 0.2) is 48.5 Å². The Labute approximate surface area is 137 Å². The number of esters is 1. The van der Waals surface area contributed by atoms with Gasteiger partial charge >= 0.3 is 5.97 Å². The van der Waals surface area contributed by atoms with Gasteiger partial charge in [-0.15, -0.1) is 0 Å². The molecule has 3 rings (SSSR count).